The smallest absolute Gasteiger partial charge is 0.434 e. The maximum atomic E-state index is 10.9. The highest BCUT2D eigenvalue weighted by Crippen LogP contribution is 2.28. The van der Waals surface area contributed by atoms with Crippen molar-refractivity contribution in [3.8, 4) is 5.75 Å². The van der Waals surface area contributed by atoms with Gasteiger partial charge in [0.25, 0.3) is 0 Å². The molecule has 0 saturated carbocycles. The second-order valence-corrected chi connectivity index (χ2v) is 6.02. The summed E-state index contributed by atoms with van der Waals surface area (Å²) in [5, 5.41) is 6.08. The van der Waals surface area contributed by atoms with Crippen molar-refractivity contribution in [2.75, 3.05) is 0 Å². The largest absolute Gasteiger partial charge is 0.480 e. The lowest BCUT2D eigenvalue weighted by molar-refractivity contribution is 0.280. The molecule has 1 aromatic carbocycles. The molecule has 2 aromatic rings. The van der Waals surface area contributed by atoms with Crippen LogP contribution in [0.15, 0.2) is 27.4 Å². The topological polar surface area (TPSA) is 68.1 Å². The van der Waals surface area contributed by atoms with Crippen molar-refractivity contribution < 1.29 is 9.15 Å². The van der Waals surface area contributed by atoms with Crippen LogP contribution in [0.5, 0.6) is 5.75 Å². The third-order valence-electron chi connectivity index (χ3n) is 3.43. The van der Waals surface area contributed by atoms with E-state index in [0.717, 1.165) is 25.0 Å². The molecule has 0 amide bonds. The molecule has 6 heteroatoms. The average molecular weight is 322 g/mol. The first-order chi connectivity index (χ1) is 10.7. The first-order valence-electron chi connectivity index (χ1n) is 7.61. The first-order valence-corrected chi connectivity index (χ1v) is 8.66. The molecule has 1 atom stereocenters. The summed E-state index contributed by atoms with van der Waals surface area (Å²) in [6.07, 6.45) is 2.82. The molecule has 0 fully saturated rings. The Morgan fingerprint density at radius 2 is 2.14 bits per heavy atom. The molecule has 22 heavy (non-hydrogen) atoms. The van der Waals surface area contributed by atoms with Crippen molar-refractivity contribution in [2.24, 2.45) is 0 Å². The zero-order valence-corrected chi connectivity index (χ0v) is 14.0. The van der Waals surface area contributed by atoms with E-state index in [1.54, 1.807) is 11.8 Å². The monoisotopic (exact) mass is 322 g/mol. The minimum Gasteiger partial charge on any atom is -0.480 e. The Kier molecular flexibility index (Phi) is 6.12. The van der Waals surface area contributed by atoms with Gasteiger partial charge in [-0.3, -0.25) is 0 Å². The Labute approximate surface area is 134 Å². The number of aryl methyl sites for hydroxylation is 1. The molecule has 5 nitrogen and oxygen atoms in total. The molecule has 1 N–H and O–H groups in total. The van der Waals surface area contributed by atoms with Crippen molar-refractivity contribution >= 4 is 11.8 Å². The summed E-state index contributed by atoms with van der Waals surface area (Å²) in [7, 11) is 0. The van der Waals surface area contributed by atoms with Gasteiger partial charge in [0, 0.05) is 0 Å². The molecule has 1 heterocycles. The molecular formula is C16H22N2O3S. The predicted octanol–water partition coefficient (Wildman–Crippen LogP) is 3.54. The van der Waals surface area contributed by atoms with Crippen LogP contribution in [0.25, 0.3) is 0 Å². The minimum atomic E-state index is -0.520. The highest BCUT2D eigenvalue weighted by atomic mass is 32.2. The second kappa shape index (κ2) is 8.08. The molecule has 0 aliphatic heterocycles. The van der Waals surface area contributed by atoms with Crippen LogP contribution in [-0.4, -0.2) is 15.6 Å². The quantitative estimate of drug-likeness (QED) is 0.753. The zero-order chi connectivity index (χ0) is 15.9. The summed E-state index contributed by atoms with van der Waals surface area (Å²) in [6.45, 7) is 6.38. The summed E-state index contributed by atoms with van der Waals surface area (Å²) >= 11 is 1.58. The van der Waals surface area contributed by atoms with Gasteiger partial charge in [0.15, 0.2) is 0 Å². The standard InChI is InChI=1S/C16H22N2O3S/c1-4-11-8-7-9-13(12(11)5-2)20-15(6-3)22-10-14-17-18-16(19)21-14/h7-9,15H,4-6,10H2,1-3H3,(H,18,19). The number of benzene rings is 1. The fourth-order valence-electron chi connectivity index (χ4n) is 2.32. The van der Waals surface area contributed by atoms with Crippen LogP contribution in [0.3, 0.4) is 0 Å². The third-order valence-corrected chi connectivity index (χ3v) is 4.65. The van der Waals surface area contributed by atoms with Crippen LogP contribution in [0.4, 0.5) is 0 Å². The van der Waals surface area contributed by atoms with E-state index in [1.165, 1.54) is 11.1 Å². The Balaban J connectivity index is 2.05. The molecule has 0 aliphatic rings. The third kappa shape index (κ3) is 4.16. The Morgan fingerprint density at radius 1 is 1.32 bits per heavy atom. The van der Waals surface area contributed by atoms with Gasteiger partial charge in [-0.15, -0.1) is 16.9 Å². The van der Waals surface area contributed by atoms with Gasteiger partial charge in [0.2, 0.25) is 5.89 Å². The predicted molar refractivity (Wildman–Crippen MR) is 88.3 cm³/mol. The minimum absolute atomic E-state index is 0.000548. The van der Waals surface area contributed by atoms with E-state index in [9.17, 15) is 4.79 Å². The van der Waals surface area contributed by atoms with E-state index < -0.39 is 5.76 Å². The van der Waals surface area contributed by atoms with Crippen molar-refractivity contribution in [2.45, 2.75) is 51.2 Å². The molecule has 0 bridgehead atoms. The molecule has 0 saturated heterocycles. The number of aromatic amines is 1. The SMILES string of the molecule is CCc1cccc(OC(CC)SCc2n[nH]c(=O)o2)c1CC. The van der Waals surface area contributed by atoms with Gasteiger partial charge in [0.1, 0.15) is 11.2 Å². The van der Waals surface area contributed by atoms with Gasteiger partial charge in [0.05, 0.1) is 5.75 Å². The van der Waals surface area contributed by atoms with Gasteiger partial charge in [-0.2, -0.15) is 0 Å². The molecule has 0 aliphatic carbocycles. The number of nitrogens with zero attached hydrogens (tertiary/aromatic N) is 1. The van der Waals surface area contributed by atoms with Crippen LogP contribution in [0.2, 0.25) is 0 Å². The fraction of sp³-hybridized carbons (Fsp3) is 0.500. The van der Waals surface area contributed by atoms with Gasteiger partial charge in [-0.1, -0.05) is 32.9 Å². The lowest BCUT2D eigenvalue weighted by Crippen LogP contribution is -2.13. The van der Waals surface area contributed by atoms with E-state index >= 15 is 0 Å². The van der Waals surface area contributed by atoms with Crippen molar-refractivity contribution in [1.29, 1.82) is 0 Å². The second-order valence-electron chi connectivity index (χ2n) is 4.87. The van der Waals surface area contributed by atoms with Crippen molar-refractivity contribution in [3.05, 3.63) is 45.8 Å². The summed E-state index contributed by atoms with van der Waals surface area (Å²) in [6, 6.07) is 6.21. The lowest BCUT2D eigenvalue weighted by atomic mass is 10.0. The molecule has 2 rings (SSSR count). The maximum absolute atomic E-state index is 10.9. The normalized spacial score (nSPS) is 12.3. The molecule has 0 spiro atoms. The Morgan fingerprint density at radius 3 is 2.73 bits per heavy atom. The summed E-state index contributed by atoms with van der Waals surface area (Å²) < 4.78 is 11.1. The van der Waals surface area contributed by atoms with Gasteiger partial charge < -0.3 is 9.15 Å². The zero-order valence-electron chi connectivity index (χ0n) is 13.2. The highest BCUT2D eigenvalue weighted by molar-refractivity contribution is 7.99. The number of ether oxygens (including phenoxy) is 1. The number of H-pyrrole nitrogens is 1. The maximum Gasteiger partial charge on any atom is 0.434 e. The van der Waals surface area contributed by atoms with Crippen LogP contribution >= 0.6 is 11.8 Å². The molecular weight excluding hydrogens is 300 g/mol. The van der Waals surface area contributed by atoms with Crippen LogP contribution in [0, 0.1) is 0 Å². The summed E-state index contributed by atoms with van der Waals surface area (Å²) in [5.74, 6) is 1.33. The van der Waals surface area contributed by atoms with Crippen LogP contribution < -0.4 is 10.5 Å². The number of nitrogens with one attached hydrogen (secondary N) is 1. The number of hydrogen-bond donors (Lipinski definition) is 1. The number of aromatic nitrogens is 2. The van der Waals surface area contributed by atoms with Crippen molar-refractivity contribution in [3.63, 3.8) is 0 Å². The van der Waals surface area contributed by atoms with Crippen molar-refractivity contribution in [1.82, 2.24) is 10.2 Å². The van der Waals surface area contributed by atoms with Gasteiger partial charge in [-0.05, 0) is 36.5 Å². The molecule has 1 aromatic heterocycles. The number of rotatable bonds is 8. The van der Waals surface area contributed by atoms with E-state index in [2.05, 4.69) is 37.0 Å². The van der Waals surface area contributed by atoms with E-state index in [4.69, 9.17) is 9.15 Å². The molecule has 120 valence electrons. The number of thioether (sulfide) groups is 1. The van der Waals surface area contributed by atoms with E-state index in [-0.39, 0.29) is 5.44 Å². The Bertz CT molecular complexity index is 651. The first kappa shape index (κ1) is 16.7. The van der Waals surface area contributed by atoms with Crippen LogP contribution in [0.1, 0.15) is 44.2 Å². The van der Waals surface area contributed by atoms with Gasteiger partial charge in [-0.25, -0.2) is 9.89 Å². The van der Waals surface area contributed by atoms with Gasteiger partial charge >= 0.3 is 5.76 Å². The summed E-state index contributed by atoms with van der Waals surface area (Å²) in [4.78, 5) is 10.9. The molecule has 0 radical (unpaired) electrons. The lowest BCUT2D eigenvalue weighted by Gasteiger charge is -2.20. The number of hydrogen-bond acceptors (Lipinski definition) is 5. The van der Waals surface area contributed by atoms with E-state index in [0.29, 0.717) is 11.6 Å². The average Bonchev–Trinajstić information content (AvgIpc) is 2.96. The van der Waals surface area contributed by atoms with Crippen LogP contribution in [-0.2, 0) is 18.6 Å². The Hall–Kier alpha value is -1.69. The van der Waals surface area contributed by atoms with E-state index in [1.807, 2.05) is 12.1 Å². The summed E-state index contributed by atoms with van der Waals surface area (Å²) in [5.41, 5.74) is 2.60. The molecule has 1 unspecified atom stereocenters. The highest BCUT2D eigenvalue weighted by Gasteiger charge is 2.14. The fourth-order valence-corrected chi connectivity index (χ4v) is 3.18.